The number of rotatable bonds is 1. The van der Waals surface area contributed by atoms with E-state index in [0.29, 0.717) is 41.3 Å². The molecule has 2 aromatic heterocycles. The lowest BCUT2D eigenvalue weighted by atomic mass is 10.1. The smallest absolute Gasteiger partial charge is 0.419 e. The zero-order valence-corrected chi connectivity index (χ0v) is 17.9. The second-order valence-corrected chi connectivity index (χ2v) is 8.53. The molecule has 33 heavy (non-hydrogen) atoms. The molecule has 2 aliphatic rings. The second kappa shape index (κ2) is 8.63. The van der Waals surface area contributed by atoms with Gasteiger partial charge in [-0.15, -0.1) is 0 Å². The molecule has 5 rings (SSSR count). The van der Waals surface area contributed by atoms with Crippen molar-refractivity contribution in [2.24, 2.45) is 0 Å². The summed E-state index contributed by atoms with van der Waals surface area (Å²) in [6.45, 7) is 0.677. The number of nitrogens with one attached hydrogen (secondary N) is 1. The number of hydrogen-bond donors (Lipinski definition) is 1. The van der Waals surface area contributed by atoms with Crippen molar-refractivity contribution in [3.05, 3.63) is 41.6 Å². The van der Waals surface area contributed by atoms with Gasteiger partial charge in [0, 0.05) is 17.5 Å². The van der Waals surface area contributed by atoms with Gasteiger partial charge in [0.25, 0.3) is 0 Å². The minimum absolute atomic E-state index is 0.0198. The zero-order chi connectivity index (χ0) is 23.0. The number of nitrogens with zero attached hydrogens (tertiary/aromatic N) is 4. The van der Waals surface area contributed by atoms with Crippen LogP contribution in [0.15, 0.2) is 30.5 Å². The van der Waals surface area contributed by atoms with Crippen LogP contribution < -0.4 is 19.1 Å². The number of alkyl halides is 3. The molecule has 2 bridgehead atoms. The number of hydrogen-bond acceptors (Lipinski definition) is 8. The predicted octanol–water partition coefficient (Wildman–Crippen LogP) is 2.88. The fourth-order valence-electron chi connectivity index (χ4n) is 3.57. The van der Waals surface area contributed by atoms with Gasteiger partial charge in [0.1, 0.15) is 47.5 Å². The van der Waals surface area contributed by atoms with E-state index in [1.807, 2.05) is 0 Å². The van der Waals surface area contributed by atoms with E-state index in [9.17, 15) is 17.4 Å². The van der Waals surface area contributed by atoms with Crippen LogP contribution in [0.2, 0.25) is 0 Å². The molecule has 1 N–H and O–H groups in total. The quantitative estimate of drug-likeness (QED) is 0.567. The molecule has 2 aliphatic heterocycles. The van der Waals surface area contributed by atoms with Crippen LogP contribution in [0.3, 0.4) is 0 Å². The Morgan fingerprint density at radius 2 is 1.97 bits per heavy atom. The fourth-order valence-corrected chi connectivity index (χ4v) is 4.55. The van der Waals surface area contributed by atoms with Crippen LogP contribution in [0.25, 0.3) is 10.9 Å². The van der Waals surface area contributed by atoms with Crippen LogP contribution in [0.4, 0.5) is 24.8 Å². The molecule has 9 nitrogen and oxygen atoms in total. The highest BCUT2D eigenvalue weighted by atomic mass is 32.2. The van der Waals surface area contributed by atoms with E-state index in [4.69, 9.17) is 14.2 Å². The van der Waals surface area contributed by atoms with Crippen molar-refractivity contribution < 1.29 is 31.6 Å². The molecule has 1 fully saturated rings. The first kappa shape index (κ1) is 21.6. The third kappa shape index (κ3) is 4.37. The van der Waals surface area contributed by atoms with Gasteiger partial charge < -0.3 is 19.5 Å². The maximum atomic E-state index is 13.5. The lowest BCUT2D eigenvalue weighted by molar-refractivity contribution is -0.139. The van der Waals surface area contributed by atoms with E-state index in [1.54, 1.807) is 16.4 Å². The Kier molecular flexibility index (Phi) is 5.66. The summed E-state index contributed by atoms with van der Waals surface area (Å²) < 4.78 is 70.7. The topological polar surface area (TPSA) is 98.7 Å². The van der Waals surface area contributed by atoms with Crippen molar-refractivity contribution in [2.75, 3.05) is 41.9 Å². The van der Waals surface area contributed by atoms with Gasteiger partial charge in [-0.25, -0.2) is 9.19 Å². The molecule has 0 saturated carbocycles. The molecular formula is C20H18F3N5O4S. The molecule has 0 spiro atoms. The maximum absolute atomic E-state index is 13.5. The summed E-state index contributed by atoms with van der Waals surface area (Å²) in [5.74, 6) is 0.631. The van der Waals surface area contributed by atoms with Gasteiger partial charge in [0.05, 0.1) is 30.4 Å². The third-order valence-electron chi connectivity index (χ3n) is 5.08. The number of aromatic nitrogens is 3. The van der Waals surface area contributed by atoms with Gasteiger partial charge in [-0.1, -0.05) is 12.1 Å². The highest BCUT2D eigenvalue weighted by Crippen LogP contribution is 2.39. The van der Waals surface area contributed by atoms with Crippen molar-refractivity contribution in [3.63, 3.8) is 0 Å². The van der Waals surface area contributed by atoms with E-state index < -0.39 is 22.7 Å². The van der Waals surface area contributed by atoms with Crippen LogP contribution in [0.1, 0.15) is 11.1 Å². The molecule has 174 valence electrons. The first-order valence-electron chi connectivity index (χ1n) is 10.0. The van der Waals surface area contributed by atoms with Crippen molar-refractivity contribution >= 4 is 33.5 Å². The van der Waals surface area contributed by atoms with Gasteiger partial charge in [-0.05, 0) is 12.1 Å². The first-order valence-corrected chi connectivity index (χ1v) is 11.3. The fraction of sp³-hybridized carbons (Fsp3) is 0.350. The summed E-state index contributed by atoms with van der Waals surface area (Å²) in [6, 6.07) is 5.61. The lowest BCUT2D eigenvalue weighted by Crippen LogP contribution is -2.37. The van der Waals surface area contributed by atoms with E-state index in [-0.39, 0.29) is 37.5 Å². The van der Waals surface area contributed by atoms with Gasteiger partial charge in [-0.3, -0.25) is 4.31 Å². The van der Waals surface area contributed by atoms with Crippen molar-refractivity contribution in [2.45, 2.75) is 12.7 Å². The summed E-state index contributed by atoms with van der Waals surface area (Å²) in [6.07, 6.45) is -3.05. The van der Waals surface area contributed by atoms with E-state index in [1.165, 1.54) is 12.3 Å². The Hall–Kier alpha value is -3.19. The number of fused-ring (bicyclic) bond motifs is 5. The molecular weight excluding hydrogens is 463 g/mol. The Bertz CT molecular complexity index is 1230. The normalized spacial score (nSPS) is 19.0. The van der Waals surface area contributed by atoms with Gasteiger partial charge in [0.2, 0.25) is 0 Å². The average Bonchev–Trinajstić information content (AvgIpc) is 2.82. The molecule has 1 unspecified atom stereocenters. The van der Waals surface area contributed by atoms with E-state index in [2.05, 4.69) is 20.3 Å². The monoisotopic (exact) mass is 481 g/mol. The standard InChI is InChI=1S/C20H18F3N5O4S/c21-20(22,23)14-3-1-2-12-9-25-18-13-8-16(28-4-5-30-11-33(28)29)24-10-15(13)26-19(27-18)32-7-6-31-17(12)14/h1-3,8,10H,4-7,9,11H2,(H,25,26,27). The number of anilines is 2. The summed E-state index contributed by atoms with van der Waals surface area (Å²) in [5, 5.41) is 3.64. The highest BCUT2D eigenvalue weighted by Gasteiger charge is 2.35. The summed E-state index contributed by atoms with van der Waals surface area (Å²) >= 11 is 0. The Balaban J connectivity index is 1.55. The Morgan fingerprint density at radius 3 is 2.79 bits per heavy atom. The largest absolute Gasteiger partial charge is 0.489 e. The average molecular weight is 481 g/mol. The predicted molar refractivity (Wildman–Crippen MR) is 113 cm³/mol. The highest BCUT2D eigenvalue weighted by molar-refractivity contribution is 7.86. The second-order valence-electron chi connectivity index (χ2n) is 7.21. The van der Waals surface area contributed by atoms with E-state index >= 15 is 0 Å². The van der Waals surface area contributed by atoms with Gasteiger partial charge >= 0.3 is 12.2 Å². The van der Waals surface area contributed by atoms with Gasteiger partial charge in [-0.2, -0.15) is 23.1 Å². The van der Waals surface area contributed by atoms with E-state index in [0.717, 1.165) is 6.07 Å². The molecule has 0 aliphatic carbocycles. The molecule has 0 amide bonds. The van der Waals surface area contributed by atoms with Crippen LogP contribution >= 0.6 is 0 Å². The van der Waals surface area contributed by atoms with Crippen molar-refractivity contribution in [1.29, 1.82) is 0 Å². The molecule has 0 radical (unpaired) electrons. The molecule has 13 heteroatoms. The number of pyridine rings is 1. The minimum Gasteiger partial charge on any atom is -0.489 e. The molecule has 1 saturated heterocycles. The van der Waals surface area contributed by atoms with Crippen LogP contribution in [-0.4, -0.2) is 51.5 Å². The van der Waals surface area contributed by atoms with Crippen LogP contribution in [0.5, 0.6) is 11.8 Å². The summed E-state index contributed by atoms with van der Waals surface area (Å²) in [4.78, 5) is 13.1. The number of halogens is 3. The number of para-hydroxylation sites is 1. The Morgan fingerprint density at radius 1 is 1.12 bits per heavy atom. The van der Waals surface area contributed by atoms with Crippen LogP contribution in [0, 0.1) is 0 Å². The lowest BCUT2D eigenvalue weighted by Gasteiger charge is -2.26. The van der Waals surface area contributed by atoms with Crippen LogP contribution in [-0.2, 0) is 28.4 Å². The maximum Gasteiger partial charge on any atom is 0.419 e. The minimum atomic E-state index is -4.56. The zero-order valence-electron chi connectivity index (χ0n) is 17.1. The molecule has 4 heterocycles. The van der Waals surface area contributed by atoms with Crippen molar-refractivity contribution in [3.8, 4) is 11.8 Å². The SMILES string of the molecule is O=S1COCCN1c1cc2c3nc(nc2cn1)OCCOc1c(cccc1C(F)(F)F)CN3. The first-order chi connectivity index (χ1) is 15.9. The van der Waals surface area contributed by atoms with Gasteiger partial charge in [0.15, 0.2) is 0 Å². The Labute approximate surface area is 188 Å². The molecule has 1 aromatic carbocycles. The number of benzene rings is 1. The summed E-state index contributed by atoms with van der Waals surface area (Å²) in [7, 11) is -1.39. The third-order valence-corrected chi connectivity index (χ3v) is 6.31. The van der Waals surface area contributed by atoms with Crippen molar-refractivity contribution in [1.82, 2.24) is 15.0 Å². The molecule has 1 atom stereocenters. The number of ether oxygens (including phenoxy) is 3. The molecule has 3 aromatic rings. The summed E-state index contributed by atoms with van der Waals surface area (Å²) in [5.41, 5.74) is -0.0664.